The molecule has 2 radical (unpaired) electrons. The maximum absolute atomic E-state index is 11.9. The molecule has 1 aliphatic heterocycles. The average Bonchev–Trinajstić information content (AvgIpc) is 2.57. The molecule has 0 bridgehead atoms. The van der Waals surface area contributed by atoms with E-state index in [1.165, 1.54) is 0 Å². The second-order valence-corrected chi connectivity index (χ2v) is 5.77. The monoisotopic (exact) mass is 304 g/mol. The van der Waals surface area contributed by atoms with Crippen LogP contribution in [0.1, 0.15) is 46.5 Å². The molecule has 2 amide bonds. The number of cyclic esters (lactones) is 1. The largest absolute Gasteiger partial charge is 0.448 e. The molecule has 118 valence electrons. The minimum atomic E-state index is -0.720. The molecule has 2 aliphatic rings. The molecule has 0 spiro atoms. The molecule has 6 heteroatoms. The quantitative estimate of drug-likeness (QED) is 0.867. The first-order valence-corrected chi connectivity index (χ1v) is 7.42. The highest BCUT2D eigenvalue weighted by molar-refractivity contribution is 5.97. The first-order valence-electron chi connectivity index (χ1n) is 7.42. The van der Waals surface area contributed by atoms with Gasteiger partial charge in [0.1, 0.15) is 0 Å². The highest BCUT2D eigenvalue weighted by Gasteiger charge is 2.35. The molecule has 0 aromatic heterocycles. The van der Waals surface area contributed by atoms with Crippen molar-refractivity contribution in [1.82, 2.24) is 10.4 Å². The third kappa shape index (κ3) is 3.05. The van der Waals surface area contributed by atoms with Crippen molar-refractivity contribution in [3.63, 3.8) is 0 Å². The molecule has 1 aliphatic carbocycles. The molecule has 22 heavy (non-hydrogen) atoms. The van der Waals surface area contributed by atoms with Crippen LogP contribution in [0.25, 0.3) is 0 Å². The van der Waals surface area contributed by atoms with Crippen LogP contribution in [-0.4, -0.2) is 29.9 Å². The van der Waals surface area contributed by atoms with E-state index in [1.54, 1.807) is 13.3 Å². The van der Waals surface area contributed by atoms with E-state index in [1.807, 2.05) is 13.8 Å². The predicted molar refractivity (Wildman–Crippen MR) is 78.7 cm³/mol. The van der Waals surface area contributed by atoms with Gasteiger partial charge in [0.2, 0.25) is 0 Å². The molecule has 6 nitrogen and oxygen atoms in total. The van der Waals surface area contributed by atoms with Gasteiger partial charge in [0.15, 0.2) is 5.78 Å². The average molecular weight is 304 g/mol. The van der Waals surface area contributed by atoms with Crippen LogP contribution in [-0.2, 0) is 14.3 Å². The smallest absolute Gasteiger partial charge is 0.426 e. The maximum atomic E-state index is 11.9. The van der Waals surface area contributed by atoms with Crippen LogP contribution in [0.15, 0.2) is 16.8 Å². The van der Waals surface area contributed by atoms with Crippen LogP contribution in [0.4, 0.5) is 4.79 Å². The summed E-state index contributed by atoms with van der Waals surface area (Å²) < 4.78 is 5.24. The number of nitrogens with one attached hydrogen (secondary N) is 1. The number of carbonyl (C=O) groups excluding carboxylic acids is 3. The molecule has 2 rings (SSSR count). The van der Waals surface area contributed by atoms with Gasteiger partial charge >= 0.3 is 12.5 Å². The minimum Gasteiger partial charge on any atom is -0.448 e. The Hall–Kier alpha value is -2.11. The zero-order chi connectivity index (χ0) is 16.3. The van der Waals surface area contributed by atoms with Gasteiger partial charge in [-0.05, 0) is 37.8 Å². The highest BCUT2D eigenvalue weighted by Crippen LogP contribution is 2.38. The fraction of sp³-hybridized carbons (Fsp3) is 0.562. The Morgan fingerprint density at radius 1 is 1.36 bits per heavy atom. The first kappa shape index (κ1) is 16.3. The van der Waals surface area contributed by atoms with Gasteiger partial charge in [-0.2, -0.15) is 0 Å². The van der Waals surface area contributed by atoms with Crippen molar-refractivity contribution in [3.8, 4) is 0 Å². The van der Waals surface area contributed by atoms with E-state index in [-0.39, 0.29) is 24.2 Å². The third-order valence-electron chi connectivity index (χ3n) is 4.56. The normalized spacial score (nSPS) is 21.8. The van der Waals surface area contributed by atoms with Gasteiger partial charge in [0.05, 0.1) is 18.7 Å². The van der Waals surface area contributed by atoms with E-state index in [9.17, 15) is 14.4 Å². The number of carbonyl (C=O) groups is 2. The summed E-state index contributed by atoms with van der Waals surface area (Å²) >= 11 is 0. The number of amides is 2. The van der Waals surface area contributed by atoms with Gasteiger partial charge in [-0.25, -0.2) is 15.2 Å². The Balaban J connectivity index is 2.52. The predicted octanol–water partition coefficient (Wildman–Crippen LogP) is 2.18. The lowest BCUT2D eigenvalue weighted by molar-refractivity contribution is -0.115. The lowest BCUT2D eigenvalue weighted by Crippen LogP contribution is -2.42. The molecule has 0 aromatic rings. The minimum absolute atomic E-state index is 0.0488. The van der Waals surface area contributed by atoms with Gasteiger partial charge < -0.3 is 4.74 Å². The second kappa shape index (κ2) is 6.34. The highest BCUT2D eigenvalue weighted by atomic mass is 16.6. The summed E-state index contributed by atoms with van der Waals surface area (Å²) in [6.45, 7) is 6.04. The number of Topliss-reactive ketones (excluding diaryl/α,β-unsaturated/α-hetero) is 1. The number of hydrogen-bond donors (Lipinski definition) is 1. The van der Waals surface area contributed by atoms with Gasteiger partial charge in [-0.15, -0.1) is 0 Å². The van der Waals surface area contributed by atoms with Crippen molar-refractivity contribution < 1.29 is 19.1 Å². The molecular formula is C16H20N2O4. The number of ether oxygens (including phenoxy) is 1. The molecule has 0 aromatic carbocycles. The fourth-order valence-corrected chi connectivity index (χ4v) is 2.74. The van der Waals surface area contributed by atoms with Crippen molar-refractivity contribution in [1.29, 1.82) is 0 Å². The summed E-state index contributed by atoms with van der Waals surface area (Å²) in [6.07, 6.45) is 6.27. The number of rotatable bonds is 3. The van der Waals surface area contributed by atoms with E-state index >= 15 is 0 Å². The van der Waals surface area contributed by atoms with Crippen molar-refractivity contribution in [2.24, 2.45) is 5.41 Å². The van der Waals surface area contributed by atoms with Crippen LogP contribution >= 0.6 is 0 Å². The van der Waals surface area contributed by atoms with Crippen LogP contribution in [0, 0.1) is 11.5 Å². The molecule has 0 unspecified atom stereocenters. The maximum Gasteiger partial charge on any atom is 0.426 e. The van der Waals surface area contributed by atoms with E-state index in [2.05, 4.69) is 11.5 Å². The molecule has 0 atom stereocenters. The first-order chi connectivity index (χ1) is 10.4. The summed E-state index contributed by atoms with van der Waals surface area (Å²) in [5, 5.41) is 0.913. The topological polar surface area (TPSA) is 75.7 Å². The summed E-state index contributed by atoms with van der Waals surface area (Å²) in [6, 6.07) is 0. The molecule has 0 fully saturated rings. The molecule has 0 saturated heterocycles. The molecule has 1 heterocycles. The summed E-state index contributed by atoms with van der Waals surface area (Å²) in [4.78, 5) is 34.9. The lowest BCUT2D eigenvalue weighted by Gasteiger charge is -2.32. The number of hydrazine groups is 1. The van der Waals surface area contributed by atoms with E-state index in [0.29, 0.717) is 17.7 Å². The van der Waals surface area contributed by atoms with Crippen molar-refractivity contribution in [3.05, 3.63) is 22.9 Å². The van der Waals surface area contributed by atoms with Gasteiger partial charge in [-0.3, -0.25) is 9.59 Å². The Morgan fingerprint density at radius 2 is 2.05 bits per heavy atom. The third-order valence-corrected chi connectivity index (χ3v) is 4.56. The number of ketones is 1. The number of nitrogens with zero attached hydrogens (tertiary/aromatic N) is 1. The van der Waals surface area contributed by atoms with Gasteiger partial charge in [0, 0.05) is 11.0 Å². The fourth-order valence-electron chi connectivity index (χ4n) is 2.74. The molecule has 1 N–H and O–H groups in total. The van der Waals surface area contributed by atoms with Crippen molar-refractivity contribution >= 4 is 18.3 Å². The standard InChI is InChI=1S/C16H20N2O4/c1-4-16(5-2)8-12-6-11(3)14(20)7-13(12)18(10-19)17-15(21)22-9-16/h4-5,7-9H2,1-3H3,(H,17,21). The second-order valence-electron chi connectivity index (χ2n) is 5.77. The van der Waals surface area contributed by atoms with Crippen LogP contribution < -0.4 is 5.43 Å². The van der Waals surface area contributed by atoms with E-state index in [0.717, 1.165) is 23.4 Å². The summed E-state index contributed by atoms with van der Waals surface area (Å²) in [5.41, 5.74) is 3.81. The van der Waals surface area contributed by atoms with E-state index < -0.39 is 6.09 Å². The zero-order valence-electron chi connectivity index (χ0n) is 13.1. The van der Waals surface area contributed by atoms with Crippen LogP contribution in [0.5, 0.6) is 0 Å². The van der Waals surface area contributed by atoms with Crippen molar-refractivity contribution in [2.75, 3.05) is 6.61 Å². The number of allylic oxidation sites excluding steroid dienone is 4. The SMILES string of the molecule is CCC1(CC)COC(=O)NN([C]=O)C2=C([C]=C(C)C(=O)C2)C1. The van der Waals surface area contributed by atoms with Crippen molar-refractivity contribution in [2.45, 2.75) is 46.5 Å². The summed E-state index contributed by atoms with van der Waals surface area (Å²) in [7, 11) is 0. The van der Waals surface area contributed by atoms with Gasteiger partial charge in [-0.1, -0.05) is 13.8 Å². The van der Waals surface area contributed by atoms with Crippen LogP contribution in [0.2, 0.25) is 0 Å². The summed E-state index contributed by atoms with van der Waals surface area (Å²) in [5.74, 6) is -0.119. The lowest BCUT2D eigenvalue weighted by atomic mass is 9.75. The van der Waals surface area contributed by atoms with Gasteiger partial charge in [0.25, 0.3) is 0 Å². The Bertz CT molecular complexity index is 558. The van der Waals surface area contributed by atoms with E-state index in [4.69, 9.17) is 4.74 Å². The molecule has 0 saturated carbocycles. The molecular weight excluding hydrogens is 284 g/mol. The Morgan fingerprint density at radius 3 is 2.64 bits per heavy atom. The zero-order valence-corrected chi connectivity index (χ0v) is 13.1. The Kier molecular flexibility index (Phi) is 4.68. The van der Waals surface area contributed by atoms with Crippen LogP contribution in [0.3, 0.4) is 0 Å². The number of hydrogen-bond acceptors (Lipinski definition) is 4. The Labute approximate surface area is 130 Å².